The van der Waals surface area contributed by atoms with Crippen LogP contribution in [0.15, 0.2) is 28.8 Å². The van der Waals surface area contributed by atoms with Crippen molar-refractivity contribution in [3.63, 3.8) is 0 Å². The Hall–Kier alpha value is -0.800. The van der Waals surface area contributed by atoms with Gasteiger partial charge in [-0.1, -0.05) is 23.2 Å². The zero-order chi connectivity index (χ0) is 10.6. The predicted octanol–water partition coefficient (Wildman–Crippen LogP) is 3.70. The zero-order valence-electron chi connectivity index (χ0n) is 7.03. The molecule has 1 N–H and O–H groups in total. The number of hydrogen-bond donors (Lipinski definition) is 1. The molecule has 0 aliphatic rings. The van der Waals surface area contributed by atoms with Gasteiger partial charge in [-0.25, -0.2) is 8.78 Å². The topological polar surface area (TPSA) is 12.0 Å². The lowest BCUT2D eigenvalue weighted by Crippen LogP contribution is -2.01. The first-order valence-electron chi connectivity index (χ1n) is 3.76. The van der Waals surface area contributed by atoms with E-state index in [1.54, 1.807) is 0 Å². The largest absolute Gasteiger partial charge is 0.380 e. The number of nitrogens with one attached hydrogen (secondary N) is 1. The minimum Gasteiger partial charge on any atom is -0.380 e. The molecule has 5 heteroatoms. The van der Waals surface area contributed by atoms with Crippen molar-refractivity contribution in [2.45, 2.75) is 0 Å². The van der Waals surface area contributed by atoms with Crippen molar-refractivity contribution < 1.29 is 8.78 Å². The van der Waals surface area contributed by atoms with Gasteiger partial charge in [0.1, 0.15) is 11.6 Å². The van der Waals surface area contributed by atoms with E-state index in [2.05, 4.69) is 5.32 Å². The van der Waals surface area contributed by atoms with Crippen LogP contribution in [0.2, 0.25) is 0 Å². The molecule has 76 valence electrons. The fourth-order valence-electron chi connectivity index (χ4n) is 0.881. The van der Waals surface area contributed by atoms with E-state index in [0.717, 1.165) is 6.07 Å². The highest BCUT2D eigenvalue weighted by molar-refractivity contribution is 6.36. The van der Waals surface area contributed by atoms with Crippen molar-refractivity contribution in [3.05, 3.63) is 40.4 Å². The van der Waals surface area contributed by atoms with E-state index in [4.69, 9.17) is 23.2 Å². The highest BCUT2D eigenvalue weighted by Gasteiger charge is 2.00. The second-order valence-electron chi connectivity index (χ2n) is 2.57. The summed E-state index contributed by atoms with van der Waals surface area (Å²) >= 11 is 10.9. The molecule has 1 aromatic rings. The molecule has 0 radical (unpaired) electrons. The third kappa shape index (κ3) is 3.52. The summed E-state index contributed by atoms with van der Waals surface area (Å²) in [6, 6.07) is 3.13. The van der Waals surface area contributed by atoms with Gasteiger partial charge in [-0.15, -0.1) is 0 Å². The van der Waals surface area contributed by atoms with Crippen LogP contribution < -0.4 is 5.32 Å². The van der Waals surface area contributed by atoms with E-state index in [9.17, 15) is 8.78 Å². The number of hydrogen-bond acceptors (Lipinski definition) is 1. The first-order valence-corrected chi connectivity index (χ1v) is 4.58. The van der Waals surface area contributed by atoms with E-state index in [-0.39, 0.29) is 6.54 Å². The summed E-state index contributed by atoms with van der Waals surface area (Å²) in [7, 11) is 0. The molecular formula is C9H7Cl2F2N. The molecular weight excluding hydrogens is 231 g/mol. The van der Waals surface area contributed by atoms with Gasteiger partial charge in [0.15, 0.2) is 0 Å². The summed E-state index contributed by atoms with van der Waals surface area (Å²) in [4.78, 5) is 0. The maximum atomic E-state index is 12.7. The standard InChI is InChI=1S/C9H7Cl2F2N/c10-4-6(11)5-14-9-2-7(12)1-8(13)3-9/h1-4,14H,5H2/b6-4-. The summed E-state index contributed by atoms with van der Waals surface area (Å²) in [5, 5.41) is 3.07. The fourth-order valence-corrected chi connectivity index (χ4v) is 1.02. The van der Waals surface area contributed by atoms with Crippen LogP contribution in [0.1, 0.15) is 0 Å². The lowest BCUT2D eigenvalue weighted by atomic mass is 10.3. The van der Waals surface area contributed by atoms with Crippen molar-refractivity contribution in [2.75, 3.05) is 11.9 Å². The van der Waals surface area contributed by atoms with E-state index in [1.807, 2.05) is 0 Å². The molecule has 0 atom stereocenters. The Morgan fingerprint density at radius 1 is 1.29 bits per heavy atom. The van der Waals surface area contributed by atoms with Crippen LogP contribution in [0.3, 0.4) is 0 Å². The number of anilines is 1. The van der Waals surface area contributed by atoms with E-state index < -0.39 is 11.6 Å². The molecule has 0 saturated carbocycles. The van der Waals surface area contributed by atoms with Gasteiger partial charge in [0.05, 0.1) is 6.54 Å². The first-order chi connectivity index (χ1) is 6.61. The molecule has 0 bridgehead atoms. The van der Waals surface area contributed by atoms with E-state index in [0.29, 0.717) is 10.7 Å². The van der Waals surface area contributed by atoms with Gasteiger partial charge in [0.25, 0.3) is 0 Å². The van der Waals surface area contributed by atoms with Crippen LogP contribution in [0.4, 0.5) is 14.5 Å². The average molecular weight is 238 g/mol. The molecule has 0 spiro atoms. The Balaban J connectivity index is 2.67. The predicted molar refractivity (Wildman–Crippen MR) is 54.6 cm³/mol. The first kappa shape index (κ1) is 11.3. The van der Waals surface area contributed by atoms with E-state index in [1.165, 1.54) is 17.7 Å². The van der Waals surface area contributed by atoms with Crippen molar-refractivity contribution in [1.29, 1.82) is 0 Å². The summed E-state index contributed by atoms with van der Waals surface area (Å²) in [5.41, 5.74) is 1.50. The highest BCUT2D eigenvalue weighted by atomic mass is 35.5. The van der Waals surface area contributed by atoms with Crippen molar-refractivity contribution in [3.8, 4) is 0 Å². The molecule has 0 aliphatic heterocycles. The summed E-state index contributed by atoms with van der Waals surface area (Å²) in [6.07, 6.45) is 0. The van der Waals surface area contributed by atoms with Crippen LogP contribution in [0, 0.1) is 11.6 Å². The lowest BCUT2D eigenvalue weighted by molar-refractivity contribution is 0.584. The zero-order valence-corrected chi connectivity index (χ0v) is 8.54. The lowest BCUT2D eigenvalue weighted by Gasteiger charge is -2.05. The molecule has 0 saturated heterocycles. The number of rotatable bonds is 3. The second-order valence-corrected chi connectivity index (χ2v) is 3.27. The minimum absolute atomic E-state index is 0.230. The molecule has 0 fully saturated rings. The third-order valence-electron chi connectivity index (χ3n) is 1.44. The molecule has 0 amide bonds. The Bertz CT molecular complexity index is 332. The second kappa shape index (κ2) is 5.17. The maximum absolute atomic E-state index is 12.7. The molecule has 0 aromatic heterocycles. The van der Waals surface area contributed by atoms with Gasteiger partial charge >= 0.3 is 0 Å². The summed E-state index contributed by atoms with van der Waals surface area (Å²) < 4.78 is 25.4. The van der Waals surface area contributed by atoms with Crippen molar-refractivity contribution in [1.82, 2.24) is 0 Å². The smallest absolute Gasteiger partial charge is 0.128 e. The van der Waals surface area contributed by atoms with Gasteiger partial charge in [0.2, 0.25) is 0 Å². The molecule has 0 aliphatic carbocycles. The Morgan fingerprint density at radius 2 is 1.86 bits per heavy atom. The monoisotopic (exact) mass is 237 g/mol. The quantitative estimate of drug-likeness (QED) is 0.846. The van der Waals surface area contributed by atoms with Crippen LogP contribution in [0.25, 0.3) is 0 Å². The highest BCUT2D eigenvalue weighted by Crippen LogP contribution is 2.14. The van der Waals surface area contributed by atoms with Crippen LogP contribution in [-0.4, -0.2) is 6.54 Å². The van der Waals surface area contributed by atoms with Gasteiger partial charge in [-0.2, -0.15) is 0 Å². The maximum Gasteiger partial charge on any atom is 0.128 e. The summed E-state index contributed by atoms with van der Waals surface area (Å²) in [6.45, 7) is 0.230. The normalized spacial score (nSPS) is 11.6. The molecule has 1 rings (SSSR count). The molecule has 0 unspecified atom stereocenters. The van der Waals surface area contributed by atoms with Crippen molar-refractivity contribution in [2.24, 2.45) is 0 Å². The molecule has 14 heavy (non-hydrogen) atoms. The van der Waals surface area contributed by atoms with Gasteiger partial charge in [0, 0.05) is 22.3 Å². The Labute approximate surface area is 90.3 Å². The molecule has 1 nitrogen and oxygen atoms in total. The third-order valence-corrected chi connectivity index (χ3v) is 2.06. The Kier molecular flexibility index (Phi) is 4.17. The van der Waals surface area contributed by atoms with Gasteiger partial charge in [-0.3, -0.25) is 0 Å². The molecule has 0 heterocycles. The van der Waals surface area contributed by atoms with Gasteiger partial charge in [-0.05, 0) is 12.1 Å². The van der Waals surface area contributed by atoms with Crippen LogP contribution in [0.5, 0.6) is 0 Å². The van der Waals surface area contributed by atoms with E-state index >= 15 is 0 Å². The summed E-state index contributed by atoms with van der Waals surface area (Å²) in [5.74, 6) is -1.28. The SMILES string of the molecule is Fc1cc(F)cc(NC/C(Cl)=C/Cl)c1. The van der Waals surface area contributed by atoms with Crippen LogP contribution in [-0.2, 0) is 0 Å². The fraction of sp³-hybridized carbons (Fsp3) is 0.111. The van der Waals surface area contributed by atoms with Crippen molar-refractivity contribution >= 4 is 28.9 Å². The molecule has 1 aromatic carbocycles. The van der Waals surface area contributed by atoms with Crippen LogP contribution >= 0.6 is 23.2 Å². The average Bonchev–Trinajstić information content (AvgIpc) is 2.12. The van der Waals surface area contributed by atoms with Gasteiger partial charge < -0.3 is 5.32 Å². The Morgan fingerprint density at radius 3 is 2.36 bits per heavy atom. The minimum atomic E-state index is -0.640. The number of benzene rings is 1. The number of halogens is 4.